The number of aliphatic hydroxyl groups excluding tert-OH is 1. The van der Waals surface area contributed by atoms with Gasteiger partial charge in [0.15, 0.2) is 12.2 Å². The number of carbonyl (C=O) groups excluding carboxylic acids is 4. The Morgan fingerprint density at radius 3 is 0.747 bits per heavy atom. The number of ether oxygens (including phenoxy) is 4. The summed E-state index contributed by atoms with van der Waals surface area (Å²) in [5.74, 6) is -1.34. The summed E-state index contributed by atoms with van der Waals surface area (Å²) in [6, 6.07) is 0. The van der Waals surface area contributed by atoms with E-state index in [1.54, 1.807) is 0 Å². The predicted octanol–water partition coefficient (Wildman–Crippen LogP) is 22.5. The molecule has 564 valence electrons. The lowest BCUT2D eigenvalue weighted by Crippen LogP contribution is -2.30. The van der Waals surface area contributed by atoms with Gasteiger partial charge in [-0.15, -0.1) is 0 Å². The first-order valence-corrected chi connectivity index (χ1v) is 42.7. The minimum atomic E-state index is -4.96. The summed E-state index contributed by atoms with van der Waals surface area (Å²) < 4.78 is 68.5. The fourth-order valence-corrected chi connectivity index (χ4v) is 13.3. The Morgan fingerprint density at radius 1 is 0.295 bits per heavy atom. The molecule has 0 aromatic heterocycles. The minimum Gasteiger partial charge on any atom is -0.462 e. The summed E-state index contributed by atoms with van der Waals surface area (Å²) in [5.41, 5.74) is 0. The summed E-state index contributed by atoms with van der Waals surface area (Å²) in [4.78, 5) is 72.8. The molecule has 95 heavy (non-hydrogen) atoms. The molecule has 0 aromatic rings. The highest BCUT2D eigenvalue weighted by atomic mass is 31.2. The number of phosphoric ester groups is 2. The van der Waals surface area contributed by atoms with Crippen molar-refractivity contribution in [1.29, 1.82) is 0 Å². The van der Waals surface area contributed by atoms with Crippen molar-refractivity contribution in [2.45, 2.75) is 419 Å². The van der Waals surface area contributed by atoms with Gasteiger partial charge in [0.2, 0.25) is 0 Å². The van der Waals surface area contributed by atoms with Crippen LogP contribution in [0, 0.1) is 5.92 Å². The standard InChI is InChI=1S/C76H148O17P2/c1-6-10-13-16-19-22-25-27-29-30-31-33-35-37-40-46-51-56-61-75(80)92-71(65-87-74(79)60-55-50-45-39-36-34-32-28-26-23-20-17-14-11-7-2)67-90-94(82,83)88-63-70(77)64-89-95(84,85)91-68-72(66-86-73(78)59-54-49-44-38-24-21-18-15-12-8-3)93-76(81)62-57-52-47-42-41-43-48-53-58-69(5)9-4/h69-72,77H,6-68H2,1-5H3,(H,82,83)(H,84,85)/t69?,70-,71-,72-/m1/s1. The van der Waals surface area contributed by atoms with Crippen LogP contribution >= 0.6 is 15.6 Å². The van der Waals surface area contributed by atoms with E-state index in [0.717, 1.165) is 95.8 Å². The van der Waals surface area contributed by atoms with Gasteiger partial charge in [-0.3, -0.25) is 37.3 Å². The molecule has 0 saturated carbocycles. The van der Waals surface area contributed by atoms with Gasteiger partial charge in [-0.25, -0.2) is 9.13 Å². The summed E-state index contributed by atoms with van der Waals surface area (Å²) in [7, 11) is -9.91. The highest BCUT2D eigenvalue weighted by Gasteiger charge is 2.30. The Hall–Kier alpha value is -1.94. The number of hydrogen-bond acceptors (Lipinski definition) is 15. The molecule has 0 aliphatic carbocycles. The lowest BCUT2D eigenvalue weighted by atomic mass is 9.99. The maximum Gasteiger partial charge on any atom is 0.472 e. The highest BCUT2D eigenvalue weighted by Crippen LogP contribution is 2.45. The van der Waals surface area contributed by atoms with Gasteiger partial charge in [0.25, 0.3) is 0 Å². The second kappa shape index (κ2) is 69.2. The van der Waals surface area contributed by atoms with Crippen molar-refractivity contribution in [2.24, 2.45) is 5.92 Å². The minimum absolute atomic E-state index is 0.106. The molecule has 3 N–H and O–H groups in total. The monoisotopic (exact) mass is 1400 g/mol. The molecule has 0 bridgehead atoms. The average molecular weight is 1400 g/mol. The van der Waals surface area contributed by atoms with Crippen molar-refractivity contribution < 1.29 is 80.2 Å². The maximum absolute atomic E-state index is 13.1. The predicted molar refractivity (Wildman–Crippen MR) is 386 cm³/mol. The number of unbranched alkanes of at least 4 members (excludes halogenated alkanes) is 47. The first-order valence-electron chi connectivity index (χ1n) is 39.7. The van der Waals surface area contributed by atoms with Gasteiger partial charge < -0.3 is 33.8 Å². The number of carbonyl (C=O) groups is 4. The van der Waals surface area contributed by atoms with Crippen LogP contribution < -0.4 is 0 Å². The number of hydrogen-bond donors (Lipinski definition) is 3. The summed E-state index contributed by atoms with van der Waals surface area (Å²) in [6.45, 7) is 7.29. The number of esters is 4. The van der Waals surface area contributed by atoms with Crippen LogP contribution in [0.25, 0.3) is 0 Å². The summed E-state index contributed by atoms with van der Waals surface area (Å²) in [6.07, 6.45) is 58.1. The van der Waals surface area contributed by atoms with E-state index in [0.29, 0.717) is 25.7 Å². The Labute approximate surface area is 581 Å². The van der Waals surface area contributed by atoms with Crippen molar-refractivity contribution >= 4 is 39.5 Å². The molecular weight excluding hydrogens is 1250 g/mol. The van der Waals surface area contributed by atoms with Crippen LogP contribution in [-0.2, 0) is 65.4 Å². The van der Waals surface area contributed by atoms with E-state index in [-0.39, 0.29) is 25.7 Å². The lowest BCUT2D eigenvalue weighted by Gasteiger charge is -2.21. The second-order valence-corrected chi connectivity index (χ2v) is 30.5. The smallest absolute Gasteiger partial charge is 0.462 e. The van der Waals surface area contributed by atoms with E-state index >= 15 is 0 Å². The molecule has 19 heteroatoms. The van der Waals surface area contributed by atoms with Gasteiger partial charge in [-0.2, -0.15) is 0 Å². The lowest BCUT2D eigenvalue weighted by molar-refractivity contribution is -0.161. The zero-order valence-electron chi connectivity index (χ0n) is 61.8. The summed E-state index contributed by atoms with van der Waals surface area (Å²) >= 11 is 0. The van der Waals surface area contributed by atoms with Gasteiger partial charge in [0, 0.05) is 25.7 Å². The van der Waals surface area contributed by atoms with Crippen molar-refractivity contribution in [3.8, 4) is 0 Å². The molecule has 0 heterocycles. The third-order valence-corrected chi connectivity index (χ3v) is 20.0. The van der Waals surface area contributed by atoms with Gasteiger partial charge in [0.1, 0.15) is 19.3 Å². The van der Waals surface area contributed by atoms with Gasteiger partial charge >= 0.3 is 39.5 Å². The van der Waals surface area contributed by atoms with E-state index in [9.17, 15) is 43.2 Å². The largest absolute Gasteiger partial charge is 0.472 e. The van der Waals surface area contributed by atoms with E-state index in [1.165, 1.54) is 225 Å². The average Bonchev–Trinajstić information content (AvgIpc) is 1.50. The van der Waals surface area contributed by atoms with Crippen LogP contribution in [0.15, 0.2) is 0 Å². The van der Waals surface area contributed by atoms with E-state index in [4.69, 9.17) is 37.0 Å². The van der Waals surface area contributed by atoms with Crippen LogP contribution in [0.5, 0.6) is 0 Å². The Kier molecular flexibility index (Phi) is 67.7. The molecule has 0 saturated heterocycles. The van der Waals surface area contributed by atoms with Crippen molar-refractivity contribution in [3.05, 3.63) is 0 Å². The van der Waals surface area contributed by atoms with Crippen molar-refractivity contribution in [3.63, 3.8) is 0 Å². The SMILES string of the molecule is CCCCCCCCCCCCCCCCCCCCC(=O)O[C@H](COC(=O)CCCCCCCCCCCCCCCCC)COP(=O)(O)OC[C@@H](O)COP(=O)(O)OC[C@@H](COC(=O)CCCCCCCCCCCC)OC(=O)CCCCCCCCCCC(C)CC. The van der Waals surface area contributed by atoms with Gasteiger partial charge in [-0.05, 0) is 31.6 Å². The topological polar surface area (TPSA) is 237 Å². The van der Waals surface area contributed by atoms with E-state index in [2.05, 4.69) is 34.6 Å². The Morgan fingerprint density at radius 2 is 0.505 bits per heavy atom. The molecule has 0 fully saturated rings. The molecule has 17 nitrogen and oxygen atoms in total. The highest BCUT2D eigenvalue weighted by molar-refractivity contribution is 7.47. The fourth-order valence-electron chi connectivity index (χ4n) is 11.7. The summed E-state index contributed by atoms with van der Waals surface area (Å²) in [5, 5.41) is 10.6. The van der Waals surface area contributed by atoms with Crippen LogP contribution in [0.4, 0.5) is 0 Å². The zero-order valence-corrected chi connectivity index (χ0v) is 63.6. The molecule has 0 rings (SSSR count). The molecule has 0 amide bonds. The van der Waals surface area contributed by atoms with Crippen LogP contribution in [0.1, 0.15) is 401 Å². The van der Waals surface area contributed by atoms with Crippen LogP contribution in [0.2, 0.25) is 0 Å². The van der Waals surface area contributed by atoms with Crippen molar-refractivity contribution in [1.82, 2.24) is 0 Å². The molecule has 6 atom stereocenters. The quantitative estimate of drug-likeness (QED) is 0.0222. The maximum atomic E-state index is 13.1. The molecule has 3 unspecified atom stereocenters. The molecule has 0 radical (unpaired) electrons. The second-order valence-electron chi connectivity index (χ2n) is 27.6. The van der Waals surface area contributed by atoms with Crippen molar-refractivity contribution in [2.75, 3.05) is 39.6 Å². The van der Waals surface area contributed by atoms with E-state index in [1.807, 2.05) is 0 Å². The van der Waals surface area contributed by atoms with E-state index < -0.39 is 97.5 Å². The normalized spacial score (nSPS) is 14.2. The van der Waals surface area contributed by atoms with Crippen LogP contribution in [-0.4, -0.2) is 96.7 Å². The first-order chi connectivity index (χ1) is 46.1. The molecular formula is C76H148O17P2. The van der Waals surface area contributed by atoms with Crippen LogP contribution in [0.3, 0.4) is 0 Å². The molecule has 0 spiro atoms. The fraction of sp³-hybridized carbons (Fsp3) is 0.947. The molecule has 0 aliphatic rings. The number of phosphoric acid groups is 2. The Bertz CT molecular complexity index is 1820. The first kappa shape index (κ1) is 93.1. The van der Waals surface area contributed by atoms with Gasteiger partial charge in [-0.1, -0.05) is 349 Å². The third-order valence-electron chi connectivity index (χ3n) is 18.1. The van der Waals surface area contributed by atoms with Gasteiger partial charge in [0.05, 0.1) is 26.4 Å². The molecule has 0 aromatic carbocycles. The zero-order chi connectivity index (χ0) is 69.8. The Balaban J connectivity index is 5.24. The number of rotatable bonds is 76. The number of aliphatic hydroxyl groups is 1. The third kappa shape index (κ3) is 69.0. The molecule has 0 aliphatic heterocycles.